The summed E-state index contributed by atoms with van der Waals surface area (Å²) in [6.07, 6.45) is 5.50. The molecule has 4 rings (SSSR count). The molecule has 1 aromatic carbocycles. The predicted molar refractivity (Wildman–Crippen MR) is 114 cm³/mol. The fraction of sp³-hybridized carbons (Fsp3) is 0.545. The van der Waals surface area contributed by atoms with E-state index in [1.165, 1.54) is 18.4 Å². The Hall–Kier alpha value is -2.54. The van der Waals surface area contributed by atoms with Gasteiger partial charge in [0.25, 0.3) is 5.56 Å². The Balaban J connectivity index is 1.61. The first-order valence-electron chi connectivity index (χ1n) is 10.6. The van der Waals surface area contributed by atoms with Gasteiger partial charge in [0, 0.05) is 31.7 Å². The van der Waals surface area contributed by atoms with Crippen molar-refractivity contribution in [3.05, 3.63) is 46.2 Å². The molecule has 0 radical (unpaired) electrons. The lowest BCUT2D eigenvalue weighted by Gasteiger charge is -2.32. The van der Waals surface area contributed by atoms with Crippen LogP contribution in [0.25, 0.3) is 0 Å². The number of nitrogens with zero attached hydrogens (tertiary/aromatic N) is 3. The molecule has 0 spiro atoms. The molecule has 0 saturated carbocycles. The summed E-state index contributed by atoms with van der Waals surface area (Å²) in [6, 6.07) is 10.2. The van der Waals surface area contributed by atoms with Gasteiger partial charge < -0.3 is 19.3 Å². The van der Waals surface area contributed by atoms with Crippen LogP contribution in [-0.4, -0.2) is 56.0 Å². The Morgan fingerprint density at radius 1 is 1.17 bits per heavy atom. The first-order chi connectivity index (χ1) is 14.2. The Morgan fingerprint density at radius 3 is 2.86 bits per heavy atom. The zero-order chi connectivity index (χ0) is 20.1. The number of ether oxygens (including phenoxy) is 2. The molecule has 0 unspecified atom stereocenters. The van der Waals surface area contributed by atoms with Gasteiger partial charge in [0.05, 0.1) is 20.3 Å². The number of aromatic amines is 1. The van der Waals surface area contributed by atoms with E-state index in [1.807, 2.05) is 12.1 Å². The molecule has 2 saturated heterocycles. The number of aromatic nitrogens is 2. The van der Waals surface area contributed by atoms with Gasteiger partial charge in [-0.05, 0) is 37.0 Å². The highest BCUT2D eigenvalue weighted by Gasteiger charge is 2.25. The van der Waals surface area contributed by atoms with Crippen molar-refractivity contribution in [2.24, 2.45) is 0 Å². The van der Waals surface area contributed by atoms with Gasteiger partial charge in [-0.2, -0.15) is 4.98 Å². The van der Waals surface area contributed by atoms with Crippen molar-refractivity contribution in [3.8, 4) is 5.75 Å². The average Bonchev–Trinajstić information content (AvgIpc) is 2.99. The average molecular weight is 399 g/mol. The topological polar surface area (TPSA) is 70.7 Å². The third kappa shape index (κ3) is 4.90. The summed E-state index contributed by atoms with van der Waals surface area (Å²) in [6.45, 7) is 3.79. The second kappa shape index (κ2) is 9.31. The number of morpholine rings is 1. The minimum atomic E-state index is -0.0964. The number of hydrogen-bond acceptors (Lipinski definition) is 6. The molecule has 1 aromatic heterocycles. The molecule has 2 aliphatic rings. The van der Waals surface area contributed by atoms with Crippen molar-refractivity contribution in [2.75, 3.05) is 49.8 Å². The van der Waals surface area contributed by atoms with E-state index in [0.717, 1.165) is 50.5 Å². The van der Waals surface area contributed by atoms with Gasteiger partial charge in [0.2, 0.25) is 5.95 Å². The van der Waals surface area contributed by atoms with Gasteiger partial charge in [0.15, 0.2) is 0 Å². The van der Waals surface area contributed by atoms with E-state index in [-0.39, 0.29) is 5.56 Å². The fourth-order valence-corrected chi connectivity index (χ4v) is 4.26. The first-order valence-corrected chi connectivity index (χ1v) is 10.6. The highest BCUT2D eigenvalue weighted by molar-refractivity contribution is 5.45. The van der Waals surface area contributed by atoms with E-state index in [0.29, 0.717) is 25.2 Å². The van der Waals surface area contributed by atoms with Crippen LogP contribution in [0.1, 0.15) is 31.2 Å². The van der Waals surface area contributed by atoms with E-state index in [4.69, 9.17) is 14.5 Å². The molecule has 29 heavy (non-hydrogen) atoms. The number of anilines is 2. The van der Waals surface area contributed by atoms with Crippen molar-refractivity contribution in [1.82, 2.24) is 9.97 Å². The van der Waals surface area contributed by atoms with Crippen molar-refractivity contribution in [3.63, 3.8) is 0 Å². The quantitative estimate of drug-likeness (QED) is 0.835. The maximum Gasteiger partial charge on any atom is 0.254 e. The molecule has 1 atom stereocenters. The molecule has 156 valence electrons. The summed E-state index contributed by atoms with van der Waals surface area (Å²) < 4.78 is 10.8. The van der Waals surface area contributed by atoms with Crippen molar-refractivity contribution in [1.29, 1.82) is 0 Å². The lowest BCUT2D eigenvalue weighted by molar-refractivity contribution is 0.122. The lowest BCUT2D eigenvalue weighted by Crippen LogP contribution is -2.41. The highest BCUT2D eigenvalue weighted by Crippen LogP contribution is 2.26. The molecule has 0 amide bonds. The molecule has 2 aromatic rings. The van der Waals surface area contributed by atoms with Crippen molar-refractivity contribution < 1.29 is 9.47 Å². The predicted octanol–water partition coefficient (Wildman–Crippen LogP) is 2.61. The number of benzene rings is 1. The summed E-state index contributed by atoms with van der Waals surface area (Å²) >= 11 is 0. The first kappa shape index (κ1) is 19.8. The molecule has 0 bridgehead atoms. The highest BCUT2D eigenvalue weighted by atomic mass is 16.5. The minimum absolute atomic E-state index is 0.0964. The third-order valence-electron chi connectivity index (χ3n) is 5.81. The van der Waals surface area contributed by atoms with Crippen LogP contribution in [0.3, 0.4) is 0 Å². The van der Waals surface area contributed by atoms with Crippen LogP contribution in [0.5, 0.6) is 5.75 Å². The van der Waals surface area contributed by atoms with Crippen LogP contribution in [0.15, 0.2) is 35.1 Å². The van der Waals surface area contributed by atoms with E-state index < -0.39 is 0 Å². The summed E-state index contributed by atoms with van der Waals surface area (Å²) in [5, 5.41) is 0. The monoisotopic (exact) mass is 398 g/mol. The van der Waals surface area contributed by atoms with E-state index >= 15 is 0 Å². The molecule has 0 aliphatic carbocycles. The number of hydrogen-bond donors (Lipinski definition) is 1. The molecule has 2 aliphatic heterocycles. The SMILES string of the molecule is COc1cccc(C[C@@H]2CCCCCN2c2nc(N3CCOCC3)cc(=O)[nH]2)c1. The number of rotatable bonds is 5. The van der Waals surface area contributed by atoms with Crippen LogP contribution < -0.4 is 20.1 Å². The molecule has 1 N–H and O–H groups in total. The van der Waals surface area contributed by atoms with Crippen LogP contribution in [-0.2, 0) is 11.2 Å². The van der Waals surface area contributed by atoms with Gasteiger partial charge in [0.1, 0.15) is 11.6 Å². The Kier molecular flexibility index (Phi) is 6.34. The van der Waals surface area contributed by atoms with Gasteiger partial charge in [-0.25, -0.2) is 0 Å². The smallest absolute Gasteiger partial charge is 0.254 e. The van der Waals surface area contributed by atoms with Crippen molar-refractivity contribution in [2.45, 2.75) is 38.1 Å². The van der Waals surface area contributed by atoms with Crippen LogP contribution in [0.4, 0.5) is 11.8 Å². The fourth-order valence-electron chi connectivity index (χ4n) is 4.26. The standard InChI is InChI=1S/C22H30N4O3/c1-28-19-8-5-6-17(15-19)14-18-7-3-2-4-9-26(18)22-23-20(16-21(27)24-22)25-10-12-29-13-11-25/h5-6,8,15-16,18H,2-4,7,9-14H2,1H3,(H,23,24,27)/t18-/m0/s1. The van der Waals surface area contributed by atoms with Crippen LogP contribution >= 0.6 is 0 Å². The number of H-pyrrole nitrogens is 1. The summed E-state index contributed by atoms with van der Waals surface area (Å²) in [7, 11) is 1.70. The van der Waals surface area contributed by atoms with E-state index in [9.17, 15) is 4.79 Å². The summed E-state index contributed by atoms with van der Waals surface area (Å²) in [4.78, 5) is 24.7. The molecule has 2 fully saturated rings. The molecular formula is C22H30N4O3. The number of methoxy groups -OCH3 is 1. The van der Waals surface area contributed by atoms with Crippen LogP contribution in [0.2, 0.25) is 0 Å². The zero-order valence-electron chi connectivity index (χ0n) is 17.1. The second-order valence-electron chi connectivity index (χ2n) is 7.78. The maximum absolute atomic E-state index is 12.4. The van der Waals surface area contributed by atoms with Crippen molar-refractivity contribution >= 4 is 11.8 Å². The Bertz CT molecular complexity index is 863. The normalized spacial score (nSPS) is 20.4. The minimum Gasteiger partial charge on any atom is -0.497 e. The second-order valence-corrected chi connectivity index (χ2v) is 7.78. The Morgan fingerprint density at radius 2 is 2.03 bits per heavy atom. The maximum atomic E-state index is 12.4. The zero-order valence-corrected chi connectivity index (χ0v) is 17.1. The summed E-state index contributed by atoms with van der Waals surface area (Å²) in [5.74, 6) is 2.31. The van der Waals surface area contributed by atoms with Crippen LogP contribution in [0, 0.1) is 0 Å². The van der Waals surface area contributed by atoms with Gasteiger partial charge in [-0.1, -0.05) is 25.0 Å². The largest absolute Gasteiger partial charge is 0.497 e. The molecular weight excluding hydrogens is 368 g/mol. The van der Waals surface area contributed by atoms with Gasteiger partial charge in [-0.3, -0.25) is 9.78 Å². The molecule has 7 nitrogen and oxygen atoms in total. The molecule has 7 heteroatoms. The Labute approximate surface area is 171 Å². The molecule has 3 heterocycles. The number of nitrogens with one attached hydrogen (secondary N) is 1. The van der Waals surface area contributed by atoms with E-state index in [1.54, 1.807) is 13.2 Å². The summed E-state index contributed by atoms with van der Waals surface area (Å²) in [5.41, 5.74) is 1.15. The van der Waals surface area contributed by atoms with E-state index in [2.05, 4.69) is 26.9 Å². The lowest BCUT2D eigenvalue weighted by atomic mass is 10.0. The van der Waals surface area contributed by atoms with Gasteiger partial charge in [-0.15, -0.1) is 0 Å². The van der Waals surface area contributed by atoms with Gasteiger partial charge >= 0.3 is 0 Å². The third-order valence-corrected chi connectivity index (χ3v) is 5.81.